The third-order valence-corrected chi connectivity index (χ3v) is 3.60. The lowest BCUT2D eigenvalue weighted by molar-refractivity contribution is 0.216. The summed E-state index contributed by atoms with van der Waals surface area (Å²) in [6.07, 6.45) is 8.77. The van der Waals surface area contributed by atoms with Crippen molar-refractivity contribution in [3.8, 4) is 0 Å². The first-order valence-corrected chi connectivity index (χ1v) is 6.57. The first-order chi connectivity index (χ1) is 8.24. The molecular weight excluding hydrogens is 210 g/mol. The maximum Gasteiger partial charge on any atom is 0.0271 e. The molecule has 1 aromatic rings. The molecule has 0 saturated heterocycles. The van der Waals surface area contributed by atoms with Gasteiger partial charge in [-0.2, -0.15) is 0 Å². The molecule has 2 atom stereocenters. The Bertz CT molecular complexity index is 325. The lowest BCUT2D eigenvalue weighted by atomic mass is 9.86. The summed E-state index contributed by atoms with van der Waals surface area (Å²) in [6, 6.07) is 4.61. The normalized spacial score (nSPS) is 25.1. The molecule has 0 bridgehead atoms. The van der Waals surface area contributed by atoms with Crippen molar-refractivity contribution in [1.29, 1.82) is 0 Å². The number of pyridine rings is 1. The standard InChI is InChI=1S/C14H23N3/c1-17(10-12-5-7-16-8-6-12)11-13-3-2-4-14(15)9-13/h5-8,13-14H,2-4,9-11,15H2,1H3. The van der Waals surface area contributed by atoms with Crippen LogP contribution in [0.5, 0.6) is 0 Å². The minimum Gasteiger partial charge on any atom is -0.328 e. The zero-order chi connectivity index (χ0) is 12.1. The van der Waals surface area contributed by atoms with E-state index < -0.39 is 0 Å². The van der Waals surface area contributed by atoms with Gasteiger partial charge in [-0.15, -0.1) is 0 Å². The Balaban J connectivity index is 1.79. The summed E-state index contributed by atoms with van der Waals surface area (Å²) in [5, 5.41) is 0. The molecule has 0 amide bonds. The number of hydrogen-bond donors (Lipinski definition) is 1. The molecule has 3 nitrogen and oxygen atoms in total. The SMILES string of the molecule is CN(Cc1ccncc1)CC1CCCC(N)C1. The van der Waals surface area contributed by atoms with Crippen LogP contribution in [0.2, 0.25) is 0 Å². The molecule has 1 aliphatic rings. The highest BCUT2D eigenvalue weighted by molar-refractivity contribution is 5.09. The largest absolute Gasteiger partial charge is 0.328 e. The van der Waals surface area contributed by atoms with Crippen LogP contribution >= 0.6 is 0 Å². The maximum atomic E-state index is 6.03. The van der Waals surface area contributed by atoms with Crippen molar-refractivity contribution in [3.63, 3.8) is 0 Å². The predicted octanol–water partition coefficient (Wildman–Crippen LogP) is 2.03. The Morgan fingerprint density at radius 1 is 1.35 bits per heavy atom. The highest BCUT2D eigenvalue weighted by atomic mass is 15.1. The topological polar surface area (TPSA) is 42.2 Å². The smallest absolute Gasteiger partial charge is 0.0271 e. The Labute approximate surface area is 104 Å². The van der Waals surface area contributed by atoms with Crippen LogP contribution in [0.1, 0.15) is 31.2 Å². The molecular formula is C14H23N3. The molecule has 1 fully saturated rings. The lowest BCUT2D eigenvalue weighted by Crippen LogP contribution is -2.34. The summed E-state index contributed by atoms with van der Waals surface area (Å²) in [4.78, 5) is 6.44. The lowest BCUT2D eigenvalue weighted by Gasteiger charge is -2.30. The minimum atomic E-state index is 0.433. The fraction of sp³-hybridized carbons (Fsp3) is 0.643. The zero-order valence-electron chi connectivity index (χ0n) is 10.7. The number of nitrogens with zero attached hydrogens (tertiary/aromatic N) is 2. The fourth-order valence-corrected chi connectivity index (χ4v) is 2.80. The Hall–Kier alpha value is -0.930. The minimum absolute atomic E-state index is 0.433. The average Bonchev–Trinajstić information content (AvgIpc) is 2.30. The maximum absolute atomic E-state index is 6.03. The van der Waals surface area contributed by atoms with Crippen molar-refractivity contribution in [2.75, 3.05) is 13.6 Å². The van der Waals surface area contributed by atoms with Gasteiger partial charge in [0.1, 0.15) is 0 Å². The second-order valence-corrected chi connectivity index (χ2v) is 5.34. The molecule has 0 spiro atoms. The van der Waals surface area contributed by atoms with E-state index in [4.69, 9.17) is 5.73 Å². The van der Waals surface area contributed by atoms with Crippen LogP contribution < -0.4 is 5.73 Å². The van der Waals surface area contributed by atoms with Crippen LogP contribution in [0.25, 0.3) is 0 Å². The molecule has 3 heteroatoms. The molecule has 0 aliphatic heterocycles. The average molecular weight is 233 g/mol. The monoisotopic (exact) mass is 233 g/mol. The first kappa shape index (κ1) is 12.5. The van der Waals surface area contributed by atoms with Crippen molar-refractivity contribution in [1.82, 2.24) is 9.88 Å². The second-order valence-electron chi connectivity index (χ2n) is 5.34. The van der Waals surface area contributed by atoms with E-state index >= 15 is 0 Å². The highest BCUT2D eigenvalue weighted by Gasteiger charge is 2.20. The van der Waals surface area contributed by atoms with E-state index in [-0.39, 0.29) is 0 Å². The Kier molecular flexibility index (Phi) is 4.51. The third kappa shape index (κ3) is 4.10. The molecule has 0 radical (unpaired) electrons. The van der Waals surface area contributed by atoms with Crippen LogP contribution in [0, 0.1) is 5.92 Å². The number of aromatic nitrogens is 1. The summed E-state index contributed by atoms with van der Waals surface area (Å²) in [5.41, 5.74) is 7.36. The zero-order valence-corrected chi connectivity index (χ0v) is 10.7. The molecule has 17 heavy (non-hydrogen) atoms. The summed E-state index contributed by atoms with van der Waals surface area (Å²) >= 11 is 0. The summed E-state index contributed by atoms with van der Waals surface area (Å²) in [6.45, 7) is 2.17. The van der Waals surface area contributed by atoms with E-state index in [9.17, 15) is 0 Å². The number of rotatable bonds is 4. The van der Waals surface area contributed by atoms with Crippen molar-refractivity contribution in [3.05, 3.63) is 30.1 Å². The molecule has 1 saturated carbocycles. The molecule has 2 N–H and O–H groups in total. The van der Waals surface area contributed by atoms with E-state index in [0.29, 0.717) is 6.04 Å². The first-order valence-electron chi connectivity index (χ1n) is 6.57. The van der Waals surface area contributed by atoms with Gasteiger partial charge in [-0.3, -0.25) is 4.98 Å². The van der Waals surface area contributed by atoms with E-state index in [1.54, 1.807) is 0 Å². The van der Waals surface area contributed by atoms with Gasteiger partial charge in [0.15, 0.2) is 0 Å². The summed E-state index contributed by atoms with van der Waals surface area (Å²) in [7, 11) is 2.19. The van der Waals surface area contributed by atoms with Gasteiger partial charge in [0.25, 0.3) is 0 Å². The third-order valence-electron chi connectivity index (χ3n) is 3.60. The van der Waals surface area contributed by atoms with E-state index in [1.807, 2.05) is 12.4 Å². The predicted molar refractivity (Wildman–Crippen MR) is 70.5 cm³/mol. The molecule has 1 heterocycles. The van der Waals surface area contributed by atoms with Gasteiger partial charge in [0, 0.05) is 31.5 Å². The van der Waals surface area contributed by atoms with Crippen LogP contribution in [-0.2, 0) is 6.54 Å². The molecule has 0 aromatic carbocycles. The molecule has 1 aliphatic carbocycles. The molecule has 2 rings (SSSR count). The number of nitrogens with two attached hydrogens (primary N) is 1. The van der Waals surface area contributed by atoms with Crippen molar-refractivity contribution in [2.45, 2.75) is 38.3 Å². The van der Waals surface area contributed by atoms with Crippen LogP contribution in [0.15, 0.2) is 24.5 Å². The van der Waals surface area contributed by atoms with E-state index in [2.05, 4.69) is 29.1 Å². The van der Waals surface area contributed by atoms with Gasteiger partial charge in [-0.05, 0) is 49.9 Å². The Morgan fingerprint density at radius 3 is 2.82 bits per heavy atom. The van der Waals surface area contributed by atoms with Crippen LogP contribution in [-0.4, -0.2) is 29.5 Å². The van der Waals surface area contributed by atoms with Gasteiger partial charge in [-0.25, -0.2) is 0 Å². The van der Waals surface area contributed by atoms with Crippen molar-refractivity contribution in [2.24, 2.45) is 11.7 Å². The van der Waals surface area contributed by atoms with Gasteiger partial charge in [0.05, 0.1) is 0 Å². The molecule has 1 aromatic heterocycles. The summed E-state index contributed by atoms with van der Waals surface area (Å²) < 4.78 is 0. The fourth-order valence-electron chi connectivity index (χ4n) is 2.80. The van der Waals surface area contributed by atoms with Crippen molar-refractivity contribution < 1.29 is 0 Å². The van der Waals surface area contributed by atoms with Crippen LogP contribution in [0.4, 0.5) is 0 Å². The van der Waals surface area contributed by atoms with E-state index in [0.717, 1.165) is 19.0 Å². The van der Waals surface area contributed by atoms with Crippen LogP contribution in [0.3, 0.4) is 0 Å². The molecule has 94 valence electrons. The van der Waals surface area contributed by atoms with Gasteiger partial charge >= 0.3 is 0 Å². The summed E-state index contributed by atoms with van der Waals surface area (Å²) in [5.74, 6) is 0.783. The molecule has 2 unspecified atom stereocenters. The van der Waals surface area contributed by atoms with Gasteiger partial charge < -0.3 is 10.6 Å². The van der Waals surface area contributed by atoms with Gasteiger partial charge in [-0.1, -0.05) is 6.42 Å². The van der Waals surface area contributed by atoms with E-state index in [1.165, 1.54) is 31.2 Å². The quantitative estimate of drug-likeness (QED) is 0.865. The van der Waals surface area contributed by atoms with Gasteiger partial charge in [0.2, 0.25) is 0 Å². The number of hydrogen-bond acceptors (Lipinski definition) is 3. The second kappa shape index (κ2) is 6.12. The Morgan fingerprint density at radius 2 is 2.12 bits per heavy atom. The van der Waals surface area contributed by atoms with Crippen molar-refractivity contribution >= 4 is 0 Å². The highest BCUT2D eigenvalue weighted by Crippen LogP contribution is 2.23.